The van der Waals surface area contributed by atoms with E-state index in [1.54, 1.807) is 44.6 Å². The van der Waals surface area contributed by atoms with Gasteiger partial charge >= 0.3 is 0 Å². The number of phenolic OH excluding ortho intramolecular Hbond substituents is 4. The minimum atomic E-state index is -0.286. The summed E-state index contributed by atoms with van der Waals surface area (Å²) < 4.78 is 21.5. The highest BCUT2D eigenvalue weighted by Gasteiger charge is 2.24. The van der Waals surface area contributed by atoms with Crippen LogP contribution in [-0.4, -0.2) is 48.9 Å². The first-order valence-corrected chi connectivity index (χ1v) is 13.8. The molecule has 0 fully saturated rings. The van der Waals surface area contributed by atoms with Crippen molar-refractivity contribution in [2.75, 3.05) is 28.4 Å². The molecule has 4 N–H and O–H groups in total. The molecule has 1 atom stereocenters. The maximum Gasteiger partial charge on any atom is 0.160 e. The number of aryl methyl sites for hydroxylation is 3. The lowest BCUT2D eigenvalue weighted by molar-refractivity contribution is 0.373. The average molecular weight is 575 g/mol. The minimum absolute atomic E-state index is 0.0705. The van der Waals surface area contributed by atoms with Crippen molar-refractivity contribution in [3.05, 3.63) is 94.5 Å². The summed E-state index contributed by atoms with van der Waals surface area (Å²) in [5, 5.41) is 41.9. The second kappa shape index (κ2) is 13.8. The predicted molar refractivity (Wildman–Crippen MR) is 161 cm³/mol. The van der Waals surface area contributed by atoms with E-state index in [9.17, 15) is 20.4 Å². The van der Waals surface area contributed by atoms with Gasteiger partial charge < -0.3 is 39.4 Å². The summed E-state index contributed by atoms with van der Waals surface area (Å²) in [6.07, 6.45) is 3.29. The lowest BCUT2D eigenvalue weighted by Gasteiger charge is -2.23. The number of aromatic hydroxyl groups is 4. The first kappa shape index (κ1) is 30.2. The van der Waals surface area contributed by atoms with Crippen LogP contribution in [0.15, 0.2) is 66.7 Å². The molecule has 0 aliphatic rings. The number of hydrogen-bond donors (Lipinski definition) is 4. The highest BCUT2D eigenvalue weighted by Crippen LogP contribution is 2.43. The van der Waals surface area contributed by atoms with Crippen LogP contribution in [0.3, 0.4) is 0 Å². The van der Waals surface area contributed by atoms with Crippen LogP contribution in [0.2, 0.25) is 0 Å². The molecule has 0 heterocycles. The molecule has 8 nitrogen and oxygen atoms in total. The predicted octanol–water partition coefficient (Wildman–Crippen LogP) is 6.48. The summed E-state index contributed by atoms with van der Waals surface area (Å²) in [6, 6.07) is 19.4. The van der Waals surface area contributed by atoms with Gasteiger partial charge in [0, 0.05) is 29.2 Å². The van der Waals surface area contributed by atoms with Crippen molar-refractivity contribution in [1.29, 1.82) is 0 Å². The second-order valence-corrected chi connectivity index (χ2v) is 10.1. The summed E-state index contributed by atoms with van der Waals surface area (Å²) in [6.45, 7) is 0. The largest absolute Gasteiger partial charge is 0.508 e. The molecule has 42 heavy (non-hydrogen) atoms. The molecule has 1 unspecified atom stereocenters. The van der Waals surface area contributed by atoms with Gasteiger partial charge in [-0.2, -0.15) is 0 Å². The van der Waals surface area contributed by atoms with Crippen molar-refractivity contribution in [3.63, 3.8) is 0 Å². The van der Waals surface area contributed by atoms with Crippen LogP contribution in [0.4, 0.5) is 0 Å². The van der Waals surface area contributed by atoms with Gasteiger partial charge in [0.05, 0.1) is 28.4 Å². The van der Waals surface area contributed by atoms with Crippen molar-refractivity contribution in [2.45, 2.75) is 38.0 Å². The molecule has 0 aliphatic heterocycles. The van der Waals surface area contributed by atoms with Crippen LogP contribution < -0.4 is 18.9 Å². The van der Waals surface area contributed by atoms with E-state index in [4.69, 9.17) is 18.9 Å². The quantitative estimate of drug-likeness (QED) is 0.143. The first-order chi connectivity index (χ1) is 20.3. The molecule has 0 spiro atoms. The Bertz CT molecular complexity index is 1510. The maximum atomic E-state index is 11.0. The molecular formula is C34H38O8. The van der Waals surface area contributed by atoms with Crippen LogP contribution in [0.1, 0.15) is 46.6 Å². The third kappa shape index (κ3) is 6.94. The van der Waals surface area contributed by atoms with Gasteiger partial charge in [-0.25, -0.2) is 0 Å². The van der Waals surface area contributed by atoms with Crippen molar-refractivity contribution < 1.29 is 39.4 Å². The lowest BCUT2D eigenvalue weighted by Crippen LogP contribution is -2.07. The molecule has 4 aromatic carbocycles. The third-order valence-electron chi connectivity index (χ3n) is 7.54. The molecule has 8 heteroatoms. The van der Waals surface area contributed by atoms with E-state index in [2.05, 4.69) is 0 Å². The van der Waals surface area contributed by atoms with Gasteiger partial charge in [-0.05, 0) is 85.2 Å². The number of rotatable bonds is 13. The molecule has 0 aliphatic carbocycles. The molecule has 0 amide bonds. The standard InChI is InChI=1S/C34H38O8/c1-39-24-11-13-26(31(38)19-24)25(12-8-22-10-15-29(36)34(17-22)42-4)27-18-23(30(37)20-32(27)40-2)7-5-6-21-9-14-28(35)33(16-21)41-3/h9-11,13-20,25,35-38H,5-8,12H2,1-4H3. The Hall–Kier alpha value is -4.72. The number of hydrogen-bond acceptors (Lipinski definition) is 8. The maximum absolute atomic E-state index is 11.0. The van der Waals surface area contributed by atoms with E-state index in [-0.39, 0.29) is 28.9 Å². The zero-order chi connectivity index (χ0) is 30.2. The molecule has 222 valence electrons. The van der Waals surface area contributed by atoms with Crippen molar-refractivity contribution in [2.24, 2.45) is 0 Å². The van der Waals surface area contributed by atoms with Crippen molar-refractivity contribution in [1.82, 2.24) is 0 Å². The Labute approximate surface area is 246 Å². The highest BCUT2D eigenvalue weighted by molar-refractivity contribution is 5.54. The summed E-state index contributed by atoms with van der Waals surface area (Å²) in [7, 11) is 6.14. The van der Waals surface area contributed by atoms with Gasteiger partial charge in [-0.1, -0.05) is 18.2 Å². The van der Waals surface area contributed by atoms with Gasteiger partial charge in [0.1, 0.15) is 23.0 Å². The Morgan fingerprint density at radius 3 is 1.71 bits per heavy atom. The summed E-state index contributed by atoms with van der Waals surface area (Å²) in [5.74, 6) is 2.00. The zero-order valence-corrected chi connectivity index (χ0v) is 24.4. The van der Waals surface area contributed by atoms with Gasteiger partial charge in [0.15, 0.2) is 23.0 Å². The molecule has 4 aromatic rings. The van der Waals surface area contributed by atoms with E-state index < -0.39 is 0 Å². The van der Waals surface area contributed by atoms with Gasteiger partial charge in [-0.15, -0.1) is 0 Å². The number of benzene rings is 4. The summed E-state index contributed by atoms with van der Waals surface area (Å²) >= 11 is 0. The molecule has 0 radical (unpaired) electrons. The van der Waals surface area contributed by atoms with Gasteiger partial charge in [0.2, 0.25) is 0 Å². The molecular weight excluding hydrogens is 536 g/mol. The fraction of sp³-hybridized carbons (Fsp3) is 0.294. The topological polar surface area (TPSA) is 118 Å². The Morgan fingerprint density at radius 2 is 1.14 bits per heavy atom. The second-order valence-electron chi connectivity index (χ2n) is 10.1. The zero-order valence-electron chi connectivity index (χ0n) is 24.4. The fourth-order valence-corrected chi connectivity index (χ4v) is 5.26. The normalized spacial score (nSPS) is 11.6. The van der Waals surface area contributed by atoms with E-state index in [1.165, 1.54) is 14.2 Å². The van der Waals surface area contributed by atoms with Crippen LogP contribution in [0.25, 0.3) is 0 Å². The number of ether oxygens (including phenoxy) is 4. The number of methoxy groups -OCH3 is 4. The van der Waals surface area contributed by atoms with Crippen LogP contribution in [0.5, 0.6) is 46.0 Å². The smallest absolute Gasteiger partial charge is 0.160 e. The third-order valence-corrected chi connectivity index (χ3v) is 7.54. The van der Waals surface area contributed by atoms with Crippen LogP contribution >= 0.6 is 0 Å². The Morgan fingerprint density at radius 1 is 0.524 bits per heavy atom. The van der Waals surface area contributed by atoms with Crippen molar-refractivity contribution in [3.8, 4) is 46.0 Å². The lowest BCUT2D eigenvalue weighted by atomic mass is 9.84. The monoisotopic (exact) mass is 574 g/mol. The van der Waals surface area contributed by atoms with Crippen LogP contribution in [-0.2, 0) is 19.3 Å². The van der Waals surface area contributed by atoms with E-state index >= 15 is 0 Å². The molecule has 0 bridgehead atoms. The molecule has 0 saturated heterocycles. The van der Waals surface area contributed by atoms with E-state index in [1.807, 2.05) is 36.4 Å². The summed E-state index contributed by atoms with van der Waals surface area (Å²) in [5.41, 5.74) is 4.28. The van der Waals surface area contributed by atoms with Gasteiger partial charge in [-0.3, -0.25) is 0 Å². The van der Waals surface area contributed by atoms with Gasteiger partial charge in [0.25, 0.3) is 0 Å². The Balaban J connectivity index is 1.66. The molecule has 4 rings (SSSR count). The van der Waals surface area contributed by atoms with E-state index in [0.717, 1.165) is 35.1 Å². The average Bonchev–Trinajstić information content (AvgIpc) is 3.00. The Kier molecular flexibility index (Phi) is 9.91. The fourth-order valence-electron chi connectivity index (χ4n) is 5.26. The summed E-state index contributed by atoms with van der Waals surface area (Å²) in [4.78, 5) is 0. The minimum Gasteiger partial charge on any atom is -0.508 e. The first-order valence-electron chi connectivity index (χ1n) is 13.8. The molecule has 0 aromatic heterocycles. The number of phenols is 4. The van der Waals surface area contributed by atoms with Crippen molar-refractivity contribution >= 4 is 0 Å². The SMILES string of the molecule is COc1ccc(C(CCc2ccc(O)c(OC)c2)c2cc(CCCc3ccc(O)c(OC)c3)c(O)cc2OC)c(O)c1. The molecule has 0 saturated carbocycles. The van der Waals surface area contributed by atoms with E-state index in [0.29, 0.717) is 47.8 Å². The highest BCUT2D eigenvalue weighted by atomic mass is 16.5. The van der Waals surface area contributed by atoms with Crippen LogP contribution in [0, 0.1) is 0 Å².